The van der Waals surface area contributed by atoms with Gasteiger partial charge in [0.05, 0.1) is 5.56 Å². The molecule has 3 rings (SSSR count). The van der Waals surface area contributed by atoms with Crippen LogP contribution in [0.5, 0.6) is 5.75 Å². The Labute approximate surface area is 123 Å². The number of para-hydroxylation sites is 1. The van der Waals surface area contributed by atoms with Crippen LogP contribution in [0.4, 0.5) is 5.69 Å². The van der Waals surface area contributed by atoms with Crippen LogP contribution >= 0.6 is 0 Å². The Morgan fingerprint density at radius 2 is 2.00 bits per heavy atom. The maximum Gasteiger partial charge on any atom is 0.255 e. The lowest BCUT2D eigenvalue weighted by Gasteiger charge is -2.28. The summed E-state index contributed by atoms with van der Waals surface area (Å²) in [5.41, 5.74) is 2.44. The minimum absolute atomic E-state index is 0.0771. The van der Waals surface area contributed by atoms with Crippen molar-refractivity contribution in [3.63, 3.8) is 0 Å². The number of hydrogen-bond donors (Lipinski definition) is 2. The van der Waals surface area contributed by atoms with Crippen LogP contribution in [0.3, 0.4) is 0 Å². The monoisotopic (exact) mass is 280 g/mol. The number of carbonyl (C=O) groups is 1. The molecule has 2 N–H and O–H groups in total. The fraction of sp³-hybridized carbons (Fsp3) is 0.118. The summed E-state index contributed by atoms with van der Waals surface area (Å²) in [6.07, 6.45) is 1.43. The lowest BCUT2D eigenvalue weighted by Crippen LogP contribution is -2.38. The summed E-state index contributed by atoms with van der Waals surface area (Å²) in [6.45, 7) is 4.08. The van der Waals surface area contributed by atoms with Gasteiger partial charge in [-0.15, -0.1) is 0 Å². The number of anilines is 1. The van der Waals surface area contributed by atoms with Crippen molar-refractivity contribution in [3.8, 4) is 5.75 Å². The molecule has 1 unspecified atom stereocenters. The number of amides is 1. The first-order valence-corrected chi connectivity index (χ1v) is 6.78. The fourth-order valence-electron chi connectivity index (χ4n) is 2.31. The summed E-state index contributed by atoms with van der Waals surface area (Å²) in [4.78, 5) is 12.1. The second kappa shape index (κ2) is 5.71. The van der Waals surface area contributed by atoms with Crippen LogP contribution in [0.15, 0.2) is 61.2 Å². The van der Waals surface area contributed by atoms with E-state index >= 15 is 0 Å². The smallest absolute Gasteiger partial charge is 0.255 e. The minimum atomic E-state index is -0.264. The fourth-order valence-corrected chi connectivity index (χ4v) is 2.31. The third-order valence-corrected chi connectivity index (χ3v) is 3.31. The Morgan fingerprint density at radius 1 is 1.14 bits per heavy atom. The van der Waals surface area contributed by atoms with E-state index in [1.54, 1.807) is 12.1 Å². The standard InChI is InChI=1S/C17H16N2O2/c1-2-10-21-13-7-5-6-12(11-13)16-18-15-9-4-3-8-14(15)17(20)19-16/h2-9,11,16,18H,1,10H2,(H,19,20). The molecule has 0 aliphatic carbocycles. The molecule has 0 bridgehead atoms. The Kier molecular flexibility index (Phi) is 3.60. The third-order valence-electron chi connectivity index (χ3n) is 3.31. The van der Waals surface area contributed by atoms with Crippen LogP contribution in [0, 0.1) is 0 Å². The van der Waals surface area contributed by atoms with Gasteiger partial charge in [0.25, 0.3) is 5.91 Å². The average molecular weight is 280 g/mol. The highest BCUT2D eigenvalue weighted by atomic mass is 16.5. The highest BCUT2D eigenvalue weighted by Gasteiger charge is 2.24. The molecule has 0 spiro atoms. The lowest BCUT2D eigenvalue weighted by atomic mass is 10.1. The van der Waals surface area contributed by atoms with Gasteiger partial charge in [-0.3, -0.25) is 4.79 Å². The van der Waals surface area contributed by atoms with Gasteiger partial charge in [-0.25, -0.2) is 0 Å². The zero-order valence-corrected chi connectivity index (χ0v) is 11.5. The highest BCUT2D eigenvalue weighted by molar-refractivity contribution is 6.01. The maximum absolute atomic E-state index is 12.1. The topological polar surface area (TPSA) is 50.4 Å². The van der Waals surface area contributed by atoms with Crippen molar-refractivity contribution in [1.29, 1.82) is 0 Å². The van der Waals surface area contributed by atoms with Crippen LogP contribution in [0.25, 0.3) is 0 Å². The van der Waals surface area contributed by atoms with E-state index in [4.69, 9.17) is 4.74 Å². The van der Waals surface area contributed by atoms with Crippen LogP contribution in [0.1, 0.15) is 22.1 Å². The third kappa shape index (κ3) is 2.74. The Bertz CT molecular complexity index is 682. The predicted octanol–water partition coefficient (Wildman–Crippen LogP) is 3.11. The number of carbonyl (C=O) groups excluding carboxylic acids is 1. The molecule has 1 heterocycles. The van der Waals surface area contributed by atoms with Crippen molar-refractivity contribution in [2.75, 3.05) is 11.9 Å². The molecule has 0 saturated heterocycles. The minimum Gasteiger partial charge on any atom is -0.490 e. The zero-order valence-electron chi connectivity index (χ0n) is 11.5. The van der Waals surface area contributed by atoms with Gasteiger partial charge in [0.15, 0.2) is 0 Å². The first-order valence-electron chi connectivity index (χ1n) is 6.78. The van der Waals surface area contributed by atoms with Crippen molar-refractivity contribution < 1.29 is 9.53 Å². The van der Waals surface area contributed by atoms with Gasteiger partial charge in [0, 0.05) is 5.69 Å². The van der Waals surface area contributed by atoms with Gasteiger partial charge in [-0.2, -0.15) is 0 Å². The first kappa shape index (κ1) is 13.2. The van der Waals surface area contributed by atoms with Gasteiger partial charge < -0.3 is 15.4 Å². The van der Waals surface area contributed by atoms with Gasteiger partial charge in [-0.05, 0) is 29.8 Å². The molecule has 4 heteroatoms. The van der Waals surface area contributed by atoms with Crippen LogP contribution in [-0.2, 0) is 0 Å². The first-order chi connectivity index (χ1) is 10.3. The lowest BCUT2D eigenvalue weighted by molar-refractivity contribution is 0.0935. The van der Waals surface area contributed by atoms with Crippen LogP contribution in [0.2, 0.25) is 0 Å². The number of rotatable bonds is 4. The molecule has 106 valence electrons. The second-order valence-corrected chi connectivity index (χ2v) is 4.77. The van der Waals surface area contributed by atoms with E-state index in [0.717, 1.165) is 17.0 Å². The molecule has 0 radical (unpaired) electrons. The van der Waals surface area contributed by atoms with Gasteiger partial charge in [0.2, 0.25) is 0 Å². The average Bonchev–Trinajstić information content (AvgIpc) is 2.53. The SMILES string of the molecule is C=CCOc1cccc(C2NC(=O)c3ccccc3N2)c1. The number of fused-ring (bicyclic) bond motifs is 1. The molecule has 4 nitrogen and oxygen atoms in total. The predicted molar refractivity (Wildman–Crippen MR) is 82.4 cm³/mol. The van der Waals surface area contributed by atoms with Crippen molar-refractivity contribution in [2.45, 2.75) is 6.17 Å². The quantitative estimate of drug-likeness (QED) is 0.846. The molecule has 1 aliphatic heterocycles. The molecule has 21 heavy (non-hydrogen) atoms. The summed E-state index contributed by atoms with van der Waals surface area (Å²) < 4.78 is 5.52. The summed E-state index contributed by atoms with van der Waals surface area (Å²) in [7, 11) is 0. The normalized spacial score (nSPS) is 16.4. The molecule has 0 fully saturated rings. The molecular formula is C17H16N2O2. The molecule has 0 saturated carbocycles. The summed E-state index contributed by atoms with van der Waals surface area (Å²) in [5.74, 6) is 0.675. The van der Waals surface area contributed by atoms with E-state index in [-0.39, 0.29) is 12.1 Å². The molecule has 0 aromatic heterocycles. The molecule has 1 atom stereocenters. The molecular weight excluding hydrogens is 264 g/mol. The highest BCUT2D eigenvalue weighted by Crippen LogP contribution is 2.27. The van der Waals surface area contributed by atoms with Crippen molar-refractivity contribution in [2.24, 2.45) is 0 Å². The van der Waals surface area contributed by atoms with Crippen molar-refractivity contribution in [3.05, 3.63) is 72.3 Å². The van der Waals surface area contributed by atoms with Crippen LogP contribution < -0.4 is 15.4 Å². The largest absolute Gasteiger partial charge is 0.490 e. The van der Waals surface area contributed by atoms with E-state index in [2.05, 4.69) is 17.2 Å². The van der Waals surface area contributed by atoms with E-state index in [0.29, 0.717) is 12.2 Å². The van der Waals surface area contributed by atoms with Gasteiger partial charge >= 0.3 is 0 Å². The number of hydrogen-bond acceptors (Lipinski definition) is 3. The van der Waals surface area contributed by atoms with Crippen LogP contribution in [-0.4, -0.2) is 12.5 Å². The Hall–Kier alpha value is -2.75. The molecule has 2 aromatic carbocycles. The maximum atomic E-state index is 12.1. The van der Waals surface area contributed by atoms with Gasteiger partial charge in [-0.1, -0.05) is 36.9 Å². The number of benzene rings is 2. The molecule has 1 aliphatic rings. The molecule has 1 amide bonds. The summed E-state index contributed by atoms with van der Waals surface area (Å²) in [5, 5.41) is 6.27. The number of ether oxygens (including phenoxy) is 1. The van der Waals surface area contributed by atoms with E-state index in [1.807, 2.05) is 42.5 Å². The Balaban J connectivity index is 1.85. The van der Waals surface area contributed by atoms with Gasteiger partial charge in [0.1, 0.15) is 18.5 Å². The Morgan fingerprint density at radius 3 is 2.86 bits per heavy atom. The summed E-state index contributed by atoms with van der Waals surface area (Å²) >= 11 is 0. The van der Waals surface area contributed by atoms with Crippen molar-refractivity contribution in [1.82, 2.24) is 5.32 Å². The van der Waals surface area contributed by atoms with E-state index in [9.17, 15) is 4.79 Å². The van der Waals surface area contributed by atoms with Crippen molar-refractivity contribution >= 4 is 11.6 Å². The van der Waals surface area contributed by atoms with E-state index in [1.165, 1.54) is 0 Å². The zero-order chi connectivity index (χ0) is 14.7. The second-order valence-electron chi connectivity index (χ2n) is 4.77. The number of nitrogens with one attached hydrogen (secondary N) is 2. The summed E-state index contributed by atoms with van der Waals surface area (Å²) in [6, 6.07) is 15.1. The molecule has 2 aromatic rings. The van der Waals surface area contributed by atoms with E-state index < -0.39 is 0 Å².